The second-order valence-electron chi connectivity index (χ2n) is 12.9. The number of nitrogens with zero attached hydrogens (tertiary/aromatic N) is 2. The number of carbonyl (C=O) groups is 2. The monoisotopic (exact) mass is 613 g/mol. The van der Waals surface area contributed by atoms with Gasteiger partial charge in [0.1, 0.15) is 12.6 Å². The highest BCUT2D eigenvalue weighted by molar-refractivity contribution is 7.92. The number of hydrogen-bond acceptors (Lipinski definition) is 4. The van der Waals surface area contributed by atoms with E-state index < -0.39 is 22.0 Å². The van der Waals surface area contributed by atoms with E-state index in [4.69, 9.17) is 11.6 Å². The van der Waals surface area contributed by atoms with Crippen molar-refractivity contribution in [3.63, 3.8) is 0 Å². The summed E-state index contributed by atoms with van der Waals surface area (Å²) in [7, 11) is -3.78. The first kappa shape index (κ1) is 30.9. The Morgan fingerprint density at radius 1 is 0.952 bits per heavy atom. The van der Waals surface area contributed by atoms with Gasteiger partial charge in [-0.1, -0.05) is 49.7 Å². The van der Waals surface area contributed by atoms with E-state index in [9.17, 15) is 18.0 Å². The van der Waals surface area contributed by atoms with Crippen LogP contribution in [-0.4, -0.2) is 50.5 Å². The molecule has 0 aromatic heterocycles. The van der Waals surface area contributed by atoms with Crippen LogP contribution in [-0.2, 0) is 31.6 Å². The topological polar surface area (TPSA) is 86.8 Å². The zero-order valence-corrected chi connectivity index (χ0v) is 26.6. The minimum absolute atomic E-state index is 0.163. The van der Waals surface area contributed by atoms with Crippen LogP contribution < -0.4 is 9.62 Å². The highest BCUT2D eigenvalue weighted by Gasteiger charge is 2.51. The fourth-order valence-corrected chi connectivity index (χ4v) is 9.11. The van der Waals surface area contributed by atoms with Crippen LogP contribution in [0.1, 0.15) is 76.3 Å². The standard InChI is InChI=1S/C33H44ClN3O4S/c1-4-14-35-32(39)30(5-2)36(21-23-6-10-28(34)11-7-23)31(38)22-37(42(3,40)41)29-12-8-27(9-13-29)33-18-24-15-25(19-33)17-26(16-24)20-33/h6-13,24-26,30H,4-5,14-22H2,1-3H3,(H,35,39)/t24?,25?,26?,30-,33?/m1/s1. The molecule has 0 unspecified atom stereocenters. The number of carbonyl (C=O) groups excluding carboxylic acids is 2. The second kappa shape index (κ2) is 12.6. The Bertz CT molecular complexity index is 1340. The molecule has 4 saturated carbocycles. The molecule has 0 radical (unpaired) electrons. The molecule has 0 saturated heterocycles. The number of anilines is 1. The molecule has 4 fully saturated rings. The first-order chi connectivity index (χ1) is 20.0. The summed E-state index contributed by atoms with van der Waals surface area (Å²) in [5.41, 5.74) is 2.77. The van der Waals surface area contributed by atoms with Gasteiger partial charge in [0.15, 0.2) is 0 Å². The molecule has 0 aliphatic heterocycles. The SMILES string of the molecule is CCCNC(=O)[C@@H](CC)N(Cc1ccc(Cl)cc1)C(=O)CN(c1ccc(C23CC4CC(CC(C4)C2)C3)cc1)S(C)(=O)=O. The number of rotatable bonds is 12. The Balaban J connectivity index is 1.39. The predicted octanol–water partition coefficient (Wildman–Crippen LogP) is 5.91. The van der Waals surface area contributed by atoms with Crippen LogP contribution in [0.4, 0.5) is 5.69 Å². The Kier molecular flexibility index (Phi) is 9.24. The molecule has 9 heteroatoms. The molecular formula is C33H44ClN3O4S. The molecule has 228 valence electrons. The van der Waals surface area contributed by atoms with Gasteiger partial charge in [0, 0.05) is 18.1 Å². The van der Waals surface area contributed by atoms with Crippen LogP contribution in [0, 0.1) is 17.8 Å². The number of nitrogens with one attached hydrogen (secondary N) is 1. The Hall–Kier alpha value is -2.58. The van der Waals surface area contributed by atoms with Crippen LogP contribution in [0.2, 0.25) is 5.02 Å². The number of amides is 2. The summed E-state index contributed by atoms with van der Waals surface area (Å²) in [4.78, 5) is 28.5. The van der Waals surface area contributed by atoms with Gasteiger partial charge in [-0.25, -0.2) is 8.42 Å². The van der Waals surface area contributed by atoms with Crippen molar-refractivity contribution in [3.8, 4) is 0 Å². The summed E-state index contributed by atoms with van der Waals surface area (Å²) < 4.78 is 27.3. The molecule has 1 N–H and O–H groups in total. The molecule has 7 nitrogen and oxygen atoms in total. The Morgan fingerprint density at radius 3 is 2.02 bits per heavy atom. The minimum atomic E-state index is -3.78. The third kappa shape index (κ3) is 6.65. The van der Waals surface area contributed by atoms with Crippen LogP contribution >= 0.6 is 11.6 Å². The molecule has 0 heterocycles. The lowest BCUT2D eigenvalue weighted by Gasteiger charge is -2.57. The molecule has 2 aromatic carbocycles. The quantitative estimate of drug-likeness (QED) is 0.323. The lowest BCUT2D eigenvalue weighted by atomic mass is 9.48. The van der Waals surface area contributed by atoms with Crippen LogP contribution in [0.15, 0.2) is 48.5 Å². The van der Waals surface area contributed by atoms with E-state index in [2.05, 4.69) is 17.4 Å². The predicted molar refractivity (Wildman–Crippen MR) is 168 cm³/mol. The molecular weight excluding hydrogens is 570 g/mol. The van der Waals surface area contributed by atoms with Gasteiger partial charge in [-0.2, -0.15) is 0 Å². The van der Waals surface area contributed by atoms with Crippen LogP contribution in [0.3, 0.4) is 0 Å². The normalized spacial score (nSPS) is 25.2. The third-order valence-electron chi connectivity index (χ3n) is 9.69. The second-order valence-corrected chi connectivity index (χ2v) is 15.2. The van der Waals surface area contributed by atoms with Crippen molar-refractivity contribution in [1.29, 1.82) is 0 Å². The fourth-order valence-electron chi connectivity index (χ4n) is 8.13. The first-order valence-electron chi connectivity index (χ1n) is 15.4. The Labute approximate surface area is 256 Å². The van der Waals surface area contributed by atoms with Gasteiger partial charge in [-0.3, -0.25) is 13.9 Å². The average molecular weight is 614 g/mol. The minimum Gasteiger partial charge on any atom is -0.354 e. The van der Waals surface area contributed by atoms with Gasteiger partial charge in [0.2, 0.25) is 21.8 Å². The van der Waals surface area contributed by atoms with Crippen molar-refractivity contribution in [2.45, 2.75) is 83.2 Å². The van der Waals surface area contributed by atoms with Crippen molar-refractivity contribution in [3.05, 3.63) is 64.7 Å². The molecule has 4 bridgehead atoms. The summed E-state index contributed by atoms with van der Waals surface area (Å²) in [5.74, 6) is 1.77. The number of hydrogen-bond donors (Lipinski definition) is 1. The Morgan fingerprint density at radius 2 is 1.52 bits per heavy atom. The number of sulfonamides is 1. The van der Waals surface area contributed by atoms with Gasteiger partial charge in [0.05, 0.1) is 11.9 Å². The molecule has 2 aromatic rings. The maximum absolute atomic E-state index is 13.9. The van der Waals surface area contributed by atoms with Crippen molar-refractivity contribution < 1.29 is 18.0 Å². The van der Waals surface area contributed by atoms with E-state index in [-0.39, 0.29) is 24.4 Å². The van der Waals surface area contributed by atoms with Crippen LogP contribution in [0.5, 0.6) is 0 Å². The van der Waals surface area contributed by atoms with E-state index in [0.29, 0.717) is 23.7 Å². The number of benzene rings is 2. The summed E-state index contributed by atoms with van der Waals surface area (Å²) >= 11 is 6.08. The lowest BCUT2D eigenvalue weighted by Crippen LogP contribution is -2.52. The zero-order valence-electron chi connectivity index (χ0n) is 25.0. The molecule has 42 heavy (non-hydrogen) atoms. The van der Waals surface area contributed by atoms with Gasteiger partial charge in [-0.15, -0.1) is 0 Å². The van der Waals surface area contributed by atoms with Crippen molar-refractivity contribution in [1.82, 2.24) is 10.2 Å². The smallest absolute Gasteiger partial charge is 0.244 e. The van der Waals surface area contributed by atoms with E-state index >= 15 is 0 Å². The lowest BCUT2D eigenvalue weighted by molar-refractivity contribution is -0.140. The van der Waals surface area contributed by atoms with E-state index in [1.54, 1.807) is 12.1 Å². The number of halogens is 1. The average Bonchev–Trinajstić information content (AvgIpc) is 2.94. The summed E-state index contributed by atoms with van der Waals surface area (Å²) in [6, 6.07) is 14.3. The van der Waals surface area contributed by atoms with Gasteiger partial charge >= 0.3 is 0 Å². The van der Waals surface area contributed by atoms with Crippen molar-refractivity contribution in [2.75, 3.05) is 23.7 Å². The molecule has 2 amide bonds. The van der Waals surface area contributed by atoms with Crippen LogP contribution in [0.25, 0.3) is 0 Å². The van der Waals surface area contributed by atoms with Crippen molar-refractivity contribution >= 4 is 39.1 Å². The largest absolute Gasteiger partial charge is 0.354 e. The maximum atomic E-state index is 13.9. The molecule has 4 aliphatic carbocycles. The zero-order chi connectivity index (χ0) is 30.1. The molecule has 1 atom stereocenters. The van der Waals surface area contributed by atoms with Gasteiger partial charge in [-0.05, 0) is 110 Å². The summed E-state index contributed by atoms with van der Waals surface area (Å²) in [5, 5.41) is 3.48. The summed E-state index contributed by atoms with van der Waals surface area (Å²) in [6.07, 6.45) is 10.1. The third-order valence-corrected chi connectivity index (χ3v) is 11.1. The van der Waals surface area contributed by atoms with Gasteiger partial charge < -0.3 is 10.2 Å². The molecule has 6 rings (SSSR count). The summed E-state index contributed by atoms with van der Waals surface area (Å²) in [6.45, 7) is 4.10. The maximum Gasteiger partial charge on any atom is 0.244 e. The first-order valence-corrected chi connectivity index (χ1v) is 17.6. The van der Waals surface area contributed by atoms with Gasteiger partial charge in [0.25, 0.3) is 0 Å². The van der Waals surface area contributed by atoms with E-state index in [0.717, 1.165) is 36.0 Å². The van der Waals surface area contributed by atoms with E-state index in [1.165, 1.54) is 53.3 Å². The highest BCUT2D eigenvalue weighted by atomic mass is 35.5. The van der Waals surface area contributed by atoms with E-state index in [1.807, 2.05) is 38.1 Å². The fraction of sp³-hybridized carbons (Fsp3) is 0.576. The van der Waals surface area contributed by atoms with Crippen molar-refractivity contribution in [2.24, 2.45) is 17.8 Å². The highest BCUT2D eigenvalue weighted by Crippen LogP contribution is 2.60. The molecule has 4 aliphatic rings. The molecule has 0 spiro atoms.